The van der Waals surface area contributed by atoms with E-state index in [2.05, 4.69) is 17.1 Å². The van der Waals surface area contributed by atoms with Gasteiger partial charge in [-0.3, -0.25) is 5.10 Å². The molecule has 0 bridgehead atoms. The van der Waals surface area contributed by atoms with E-state index in [-0.39, 0.29) is 0 Å². The molecule has 0 aliphatic rings. The van der Waals surface area contributed by atoms with Crippen LogP contribution in [0.5, 0.6) is 5.88 Å². The quantitative estimate of drug-likeness (QED) is 0.759. The Labute approximate surface area is 79.5 Å². The Morgan fingerprint density at radius 1 is 1.38 bits per heavy atom. The molecule has 3 heteroatoms. The predicted molar refractivity (Wildman–Crippen MR) is 53.1 cm³/mol. The van der Waals surface area contributed by atoms with Crippen molar-refractivity contribution in [3.63, 3.8) is 0 Å². The third-order valence-corrected chi connectivity index (χ3v) is 2.10. The minimum Gasteiger partial charge on any atom is -0.477 e. The van der Waals surface area contributed by atoms with Gasteiger partial charge in [0.15, 0.2) is 0 Å². The predicted octanol–water partition coefficient (Wildman–Crippen LogP) is 2.46. The Kier molecular flexibility index (Phi) is 3.80. The molecule has 1 aromatic rings. The van der Waals surface area contributed by atoms with Crippen LogP contribution < -0.4 is 4.74 Å². The lowest BCUT2D eigenvalue weighted by atomic mass is 10.1. The fourth-order valence-corrected chi connectivity index (χ4v) is 1.33. The maximum absolute atomic E-state index is 5.41. The lowest BCUT2D eigenvalue weighted by molar-refractivity contribution is 0.322. The molecule has 13 heavy (non-hydrogen) atoms. The molecule has 1 rings (SSSR count). The summed E-state index contributed by atoms with van der Waals surface area (Å²) < 4.78 is 5.41. The van der Waals surface area contributed by atoms with Crippen LogP contribution in [0, 0.1) is 6.92 Å². The lowest BCUT2D eigenvalue weighted by Gasteiger charge is -2.02. The monoisotopic (exact) mass is 182 g/mol. The molecule has 0 saturated carbocycles. The molecule has 74 valence electrons. The van der Waals surface area contributed by atoms with E-state index in [1.165, 1.54) is 18.4 Å². The Morgan fingerprint density at radius 2 is 2.15 bits per heavy atom. The molecule has 0 aliphatic heterocycles. The van der Waals surface area contributed by atoms with Gasteiger partial charge in [0, 0.05) is 11.3 Å². The van der Waals surface area contributed by atoms with Gasteiger partial charge in [-0.2, -0.15) is 0 Å². The van der Waals surface area contributed by atoms with E-state index in [4.69, 9.17) is 4.74 Å². The second-order valence-corrected chi connectivity index (χ2v) is 3.17. The largest absolute Gasteiger partial charge is 0.477 e. The van der Waals surface area contributed by atoms with Crippen molar-refractivity contribution < 1.29 is 4.74 Å². The number of hydrogen-bond acceptors (Lipinski definition) is 2. The van der Waals surface area contributed by atoms with E-state index in [0.717, 1.165) is 18.0 Å². The third kappa shape index (κ3) is 2.47. The van der Waals surface area contributed by atoms with Crippen molar-refractivity contribution in [2.75, 3.05) is 6.61 Å². The minimum atomic E-state index is 0.684. The summed E-state index contributed by atoms with van der Waals surface area (Å²) in [7, 11) is 0. The minimum absolute atomic E-state index is 0.684. The summed E-state index contributed by atoms with van der Waals surface area (Å²) in [6, 6.07) is 0. The van der Waals surface area contributed by atoms with Crippen molar-refractivity contribution >= 4 is 0 Å². The maximum Gasteiger partial charge on any atom is 0.235 e. The topological polar surface area (TPSA) is 37.9 Å². The lowest BCUT2D eigenvalue weighted by Crippen LogP contribution is -1.96. The van der Waals surface area contributed by atoms with Crippen LogP contribution in [-0.4, -0.2) is 16.8 Å². The Hall–Kier alpha value is -0.990. The van der Waals surface area contributed by atoms with E-state index in [0.29, 0.717) is 6.61 Å². The molecule has 0 amide bonds. The standard InChI is InChI=1S/C10H18N2O/c1-4-6-7-9-8(3)11-12-10(9)13-5-2/h4-7H2,1-3H3,(H,11,12). The third-order valence-electron chi connectivity index (χ3n) is 2.10. The van der Waals surface area contributed by atoms with Gasteiger partial charge in [-0.1, -0.05) is 13.3 Å². The smallest absolute Gasteiger partial charge is 0.235 e. The van der Waals surface area contributed by atoms with E-state index in [9.17, 15) is 0 Å². The van der Waals surface area contributed by atoms with E-state index in [1.54, 1.807) is 0 Å². The van der Waals surface area contributed by atoms with Gasteiger partial charge in [0.05, 0.1) is 6.61 Å². The second kappa shape index (κ2) is 4.90. The first-order chi connectivity index (χ1) is 6.29. The van der Waals surface area contributed by atoms with Gasteiger partial charge in [0.2, 0.25) is 5.88 Å². The van der Waals surface area contributed by atoms with Crippen molar-refractivity contribution in [1.29, 1.82) is 0 Å². The van der Waals surface area contributed by atoms with Crippen LogP contribution in [-0.2, 0) is 6.42 Å². The summed E-state index contributed by atoms with van der Waals surface area (Å²) in [5.41, 5.74) is 2.38. The van der Waals surface area contributed by atoms with E-state index < -0.39 is 0 Å². The van der Waals surface area contributed by atoms with Crippen molar-refractivity contribution in [3.8, 4) is 5.88 Å². The maximum atomic E-state index is 5.41. The van der Waals surface area contributed by atoms with E-state index in [1.807, 2.05) is 13.8 Å². The number of ether oxygens (including phenoxy) is 1. The van der Waals surface area contributed by atoms with Crippen LogP contribution in [0.15, 0.2) is 0 Å². The first-order valence-corrected chi connectivity index (χ1v) is 4.96. The molecule has 0 unspecified atom stereocenters. The molecular weight excluding hydrogens is 164 g/mol. The molecule has 0 aliphatic carbocycles. The van der Waals surface area contributed by atoms with Crippen LogP contribution in [0.25, 0.3) is 0 Å². The summed E-state index contributed by atoms with van der Waals surface area (Å²) in [4.78, 5) is 0. The Morgan fingerprint density at radius 3 is 2.77 bits per heavy atom. The highest BCUT2D eigenvalue weighted by Crippen LogP contribution is 2.20. The number of aromatic amines is 1. The molecule has 1 N–H and O–H groups in total. The summed E-state index contributed by atoms with van der Waals surface area (Å²) in [5.74, 6) is 0.786. The van der Waals surface area contributed by atoms with Crippen LogP contribution in [0.1, 0.15) is 37.9 Å². The highest BCUT2D eigenvalue weighted by Gasteiger charge is 2.09. The first-order valence-electron chi connectivity index (χ1n) is 4.96. The molecule has 0 fully saturated rings. The van der Waals surface area contributed by atoms with Crippen LogP contribution in [0.3, 0.4) is 0 Å². The average molecular weight is 182 g/mol. The van der Waals surface area contributed by atoms with Gasteiger partial charge >= 0.3 is 0 Å². The molecule has 0 spiro atoms. The van der Waals surface area contributed by atoms with Crippen LogP contribution in [0.4, 0.5) is 0 Å². The van der Waals surface area contributed by atoms with Gasteiger partial charge in [0.1, 0.15) is 0 Å². The van der Waals surface area contributed by atoms with Crippen molar-refractivity contribution in [2.45, 2.75) is 40.0 Å². The number of nitrogens with zero attached hydrogens (tertiary/aromatic N) is 1. The molecule has 0 aromatic carbocycles. The Balaban J connectivity index is 2.69. The summed E-state index contributed by atoms with van der Waals surface area (Å²) in [6.45, 7) is 6.90. The average Bonchev–Trinajstić information content (AvgIpc) is 2.45. The zero-order chi connectivity index (χ0) is 9.68. The summed E-state index contributed by atoms with van der Waals surface area (Å²) >= 11 is 0. The van der Waals surface area contributed by atoms with Crippen LogP contribution >= 0.6 is 0 Å². The zero-order valence-corrected chi connectivity index (χ0v) is 8.68. The zero-order valence-electron chi connectivity index (χ0n) is 8.68. The first kappa shape index (κ1) is 10.1. The van der Waals surface area contributed by atoms with Gasteiger partial charge in [-0.05, 0) is 26.7 Å². The molecule has 0 saturated heterocycles. The number of rotatable bonds is 5. The molecular formula is C10H18N2O. The number of aryl methyl sites for hydroxylation is 1. The van der Waals surface area contributed by atoms with E-state index >= 15 is 0 Å². The number of unbranched alkanes of at least 4 members (excludes halogenated alkanes) is 1. The van der Waals surface area contributed by atoms with Gasteiger partial charge in [-0.15, -0.1) is 5.10 Å². The summed E-state index contributed by atoms with van der Waals surface area (Å²) in [6.07, 6.45) is 3.46. The Bertz CT molecular complexity index is 255. The molecule has 1 heterocycles. The number of H-pyrrole nitrogens is 1. The summed E-state index contributed by atoms with van der Waals surface area (Å²) in [5, 5.41) is 7.07. The number of nitrogens with one attached hydrogen (secondary N) is 1. The fourth-order valence-electron chi connectivity index (χ4n) is 1.33. The molecule has 0 radical (unpaired) electrons. The van der Waals surface area contributed by atoms with Gasteiger partial charge in [0.25, 0.3) is 0 Å². The normalized spacial score (nSPS) is 10.4. The van der Waals surface area contributed by atoms with Gasteiger partial charge < -0.3 is 4.74 Å². The SMILES string of the molecule is CCCCc1c(OCC)n[nH]c1C. The number of aromatic nitrogens is 2. The number of hydrogen-bond donors (Lipinski definition) is 1. The van der Waals surface area contributed by atoms with Crippen molar-refractivity contribution in [3.05, 3.63) is 11.3 Å². The molecule has 0 atom stereocenters. The fraction of sp³-hybridized carbons (Fsp3) is 0.700. The highest BCUT2D eigenvalue weighted by atomic mass is 16.5. The van der Waals surface area contributed by atoms with Crippen molar-refractivity contribution in [1.82, 2.24) is 10.2 Å². The van der Waals surface area contributed by atoms with Crippen LogP contribution in [0.2, 0.25) is 0 Å². The molecule has 1 aromatic heterocycles. The van der Waals surface area contributed by atoms with Gasteiger partial charge in [-0.25, -0.2) is 0 Å². The molecule has 3 nitrogen and oxygen atoms in total. The van der Waals surface area contributed by atoms with Crippen molar-refractivity contribution in [2.24, 2.45) is 0 Å². The highest BCUT2D eigenvalue weighted by molar-refractivity contribution is 5.29. The second-order valence-electron chi connectivity index (χ2n) is 3.17.